The largest absolute Gasteiger partial charge is 0.386 e. The smallest absolute Gasteiger partial charge is 0.101 e. The molecule has 1 unspecified atom stereocenters. The van der Waals surface area contributed by atoms with Gasteiger partial charge >= 0.3 is 0 Å². The molecule has 2 aromatic heterocycles. The Labute approximate surface area is 92.8 Å². The summed E-state index contributed by atoms with van der Waals surface area (Å²) in [5.74, 6) is 0. The Morgan fingerprint density at radius 2 is 2.40 bits per heavy atom. The Hall–Kier alpha value is -1.10. The van der Waals surface area contributed by atoms with E-state index in [0.717, 1.165) is 11.4 Å². The van der Waals surface area contributed by atoms with Crippen LogP contribution >= 0.6 is 11.3 Å². The predicted octanol–water partition coefficient (Wildman–Crippen LogP) is 1.90. The second kappa shape index (κ2) is 5.11. The molecule has 0 aliphatic rings. The minimum absolute atomic E-state index is 0.399. The second-order valence-electron chi connectivity index (χ2n) is 3.38. The van der Waals surface area contributed by atoms with Crippen molar-refractivity contribution in [1.82, 2.24) is 10.3 Å². The predicted molar refractivity (Wildman–Crippen MR) is 61.8 cm³/mol. The van der Waals surface area contributed by atoms with Gasteiger partial charge in [-0.2, -0.15) is 0 Å². The lowest BCUT2D eigenvalue weighted by Crippen LogP contribution is -2.20. The number of aliphatic hydroxyl groups excluding tert-OH is 1. The van der Waals surface area contributed by atoms with E-state index in [4.69, 9.17) is 0 Å². The molecule has 15 heavy (non-hydrogen) atoms. The molecule has 0 saturated carbocycles. The molecular weight excluding hydrogens is 208 g/mol. The van der Waals surface area contributed by atoms with Crippen LogP contribution in [0, 0.1) is 0 Å². The van der Waals surface area contributed by atoms with Crippen LogP contribution in [0.2, 0.25) is 0 Å². The molecular formula is C11H14N2OS. The number of hydrogen-bond donors (Lipinski definition) is 3. The number of aliphatic hydroxyl groups is 1. The highest BCUT2D eigenvalue weighted by molar-refractivity contribution is 7.10. The van der Waals surface area contributed by atoms with Crippen molar-refractivity contribution < 1.29 is 5.11 Å². The van der Waals surface area contributed by atoms with E-state index < -0.39 is 6.10 Å². The standard InChI is InChI=1S/C11H14N2OS/c14-10(11-2-1-5-15-11)8-13-7-9-3-4-12-6-9/h1-6,10,12-14H,7-8H2. The summed E-state index contributed by atoms with van der Waals surface area (Å²) in [5.41, 5.74) is 1.20. The third-order valence-electron chi connectivity index (χ3n) is 2.20. The minimum Gasteiger partial charge on any atom is -0.386 e. The SMILES string of the molecule is OC(CNCc1cc[nH]c1)c1cccs1. The average Bonchev–Trinajstić information content (AvgIpc) is 2.90. The van der Waals surface area contributed by atoms with E-state index in [-0.39, 0.29) is 0 Å². The van der Waals surface area contributed by atoms with Crippen molar-refractivity contribution in [2.24, 2.45) is 0 Å². The molecule has 2 rings (SSSR count). The fourth-order valence-corrected chi connectivity index (χ4v) is 2.11. The third kappa shape index (κ3) is 2.92. The van der Waals surface area contributed by atoms with Crippen LogP contribution in [0.3, 0.4) is 0 Å². The van der Waals surface area contributed by atoms with Gasteiger partial charge in [0.2, 0.25) is 0 Å². The van der Waals surface area contributed by atoms with Crippen molar-refractivity contribution in [1.29, 1.82) is 0 Å². The summed E-state index contributed by atoms with van der Waals surface area (Å²) in [6.45, 7) is 1.37. The topological polar surface area (TPSA) is 48.0 Å². The van der Waals surface area contributed by atoms with Crippen molar-refractivity contribution in [3.05, 3.63) is 46.4 Å². The molecule has 2 heterocycles. The molecule has 1 atom stereocenters. The summed E-state index contributed by atoms with van der Waals surface area (Å²) in [5, 5.41) is 15.0. The summed E-state index contributed by atoms with van der Waals surface area (Å²) < 4.78 is 0. The van der Waals surface area contributed by atoms with Gasteiger partial charge in [-0.3, -0.25) is 0 Å². The quantitative estimate of drug-likeness (QED) is 0.723. The first-order chi connectivity index (χ1) is 7.36. The van der Waals surface area contributed by atoms with Crippen molar-refractivity contribution in [2.45, 2.75) is 12.6 Å². The van der Waals surface area contributed by atoms with Crippen LogP contribution in [0.25, 0.3) is 0 Å². The zero-order valence-electron chi connectivity index (χ0n) is 8.31. The molecule has 0 aromatic carbocycles. The van der Waals surface area contributed by atoms with Crippen molar-refractivity contribution in [3.8, 4) is 0 Å². The van der Waals surface area contributed by atoms with Gasteiger partial charge in [-0.25, -0.2) is 0 Å². The molecule has 0 fully saturated rings. The molecule has 4 heteroatoms. The van der Waals surface area contributed by atoms with E-state index >= 15 is 0 Å². The summed E-state index contributed by atoms with van der Waals surface area (Å²) in [7, 11) is 0. The van der Waals surface area contributed by atoms with Crippen LogP contribution in [0.15, 0.2) is 36.0 Å². The Morgan fingerprint density at radius 3 is 3.07 bits per heavy atom. The first kappa shape index (κ1) is 10.4. The first-order valence-corrected chi connectivity index (χ1v) is 5.78. The molecule has 0 spiro atoms. The molecule has 3 nitrogen and oxygen atoms in total. The average molecular weight is 222 g/mol. The van der Waals surface area contributed by atoms with Crippen LogP contribution in [0.1, 0.15) is 16.5 Å². The number of aromatic nitrogens is 1. The zero-order chi connectivity index (χ0) is 10.5. The lowest BCUT2D eigenvalue weighted by Gasteiger charge is -2.09. The second-order valence-corrected chi connectivity index (χ2v) is 4.36. The van der Waals surface area contributed by atoms with Crippen LogP contribution < -0.4 is 5.32 Å². The molecule has 0 aliphatic carbocycles. The summed E-state index contributed by atoms with van der Waals surface area (Å²) >= 11 is 1.58. The molecule has 2 aromatic rings. The number of thiophene rings is 1. The highest BCUT2D eigenvalue weighted by Crippen LogP contribution is 2.17. The van der Waals surface area contributed by atoms with Crippen LogP contribution in [0.4, 0.5) is 0 Å². The maximum Gasteiger partial charge on any atom is 0.101 e. The fourth-order valence-electron chi connectivity index (χ4n) is 1.40. The lowest BCUT2D eigenvalue weighted by molar-refractivity contribution is 0.178. The summed E-state index contributed by atoms with van der Waals surface area (Å²) in [6, 6.07) is 5.92. The number of aromatic amines is 1. The van der Waals surface area contributed by atoms with Gasteiger partial charge in [-0.15, -0.1) is 11.3 Å². The normalized spacial score (nSPS) is 12.9. The van der Waals surface area contributed by atoms with Crippen molar-refractivity contribution in [3.63, 3.8) is 0 Å². The molecule has 0 amide bonds. The Kier molecular flexibility index (Phi) is 3.55. The number of hydrogen-bond acceptors (Lipinski definition) is 3. The van der Waals surface area contributed by atoms with Gasteiger partial charge in [0.05, 0.1) is 0 Å². The first-order valence-electron chi connectivity index (χ1n) is 4.90. The Morgan fingerprint density at radius 1 is 1.47 bits per heavy atom. The van der Waals surface area contributed by atoms with Gasteiger partial charge in [0, 0.05) is 30.4 Å². The molecule has 0 saturated heterocycles. The van der Waals surface area contributed by atoms with Crippen LogP contribution in [-0.2, 0) is 6.54 Å². The maximum atomic E-state index is 9.78. The highest BCUT2D eigenvalue weighted by atomic mass is 32.1. The van der Waals surface area contributed by atoms with Gasteiger partial charge < -0.3 is 15.4 Å². The summed E-state index contributed by atoms with van der Waals surface area (Å²) in [6.07, 6.45) is 3.45. The van der Waals surface area contributed by atoms with E-state index in [1.165, 1.54) is 5.56 Å². The summed E-state index contributed by atoms with van der Waals surface area (Å²) in [4.78, 5) is 4.01. The number of H-pyrrole nitrogens is 1. The van der Waals surface area contributed by atoms with Gasteiger partial charge in [-0.1, -0.05) is 6.07 Å². The molecule has 0 aliphatic heterocycles. The Bertz CT molecular complexity index is 369. The van der Waals surface area contributed by atoms with E-state index in [0.29, 0.717) is 6.54 Å². The van der Waals surface area contributed by atoms with E-state index in [9.17, 15) is 5.11 Å². The van der Waals surface area contributed by atoms with Crippen molar-refractivity contribution >= 4 is 11.3 Å². The molecule has 0 radical (unpaired) electrons. The Balaban J connectivity index is 1.74. The lowest BCUT2D eigenvalue weighted by atomic mass is 10.3. The van der Waals surface area contributed by atoms with Crippen molar-refractivity contribution in [2.75, 3.05) is 6.54 Å². The highest BCUT2D eigenvalue weighted by Gasteiger charge is 2.07. The van der Waals surface area contributed by atoms with Crippen LogP contribution in [-0.4, -0.2) is 16.6 Å². The minimum atomic E-state index is -0.399. The van der Waals surface area contributed by atoms with Gasteiger partial charge in [0.1, 0.15) is 6.10 Å². The van der Waals surface area contributed by atoms with Crippen LogP contribution in [0.5, 0.6) is 0 Å². The number of nitrogens with one attached hydrogen (secondary N) is 2. The van der Waals surface area contributed by atoms with E-state index in [1.54, 1.807) is 11.3 Å². The third-order valence-corrected chi connectivity index (χ3v) is 3.17. The maximum absolute atomic E-state index is 9.78. The van der Waals surface area contributed by atoms with Gasteiger partial charge in [0.15, 0.2) is 0 Å². The van der Waals surface area contributed by atoms with E-state index in [2.05, 4.69) is 10.3 Å². The monoisotopic (exact) mass is 222 g/mol. The van der Waals surface area contributed by atoms with Gasteiger partial charge in [-0.05, 0) is 23.1 Å². The van der Waals surface area contributed by atoms with Gasteiger partial charge in [0.25, 0.3) is 0 Å². The number of rotatable bonds is 5. The molecule has 80 valence electrons. The van der Waals surface area contributed by atoms with E-state index in [1.807, 2.05) is 36.0 Å². The molecule has 0 bridgehead atoms. The fraction of sp³-hybridized carbons (Fsp3) is 0.273. The zero-order valence-corrected chi connectivity index (χ0v) is 9.13. The molecule has 3 N–H and O–H groups in total.